The average Bonchev–Trinajstić information content (AvgIpc) is 3.68. The van der Waals surface area contributed by atoms with E-state index in [9.17, 15) is 9.59 Å². The van der Waals surface area contributed by atoms with E-state index in [0.29, 0.717) is 30.1 Å². The van der Waals surface area contributed by atoms with Crippen molar-refractivity contribution in [2.24, 2.45) is 13.0 Å². The van der Waals surface area contributed by atoms with E-state index in [1.807, 2.05) is 31.3 Å². The van der Waals surface area contributed by atoms with Gasteiger partial charge in [0.25, 0.3) is 5.91 Å². The second kappa shape index (κ2) is 10.2. The molecule has 2 fully saturated rings. The van der Waals surface area contributed by atoms with Gasteiger partial charge in [0, 0.05) is 42.9 Å². The first-order valence-corrected chi connectivity index (χ1v) is 14.0. The van der Waals surface area contributed by atoms with Crippen LogP contribution in [-0.4, -0.2) is 56.5 Å². The first kappa shape index (κ1) is 26.3. The number of carbonyl (C=O) groups excluding carboxylic acids is 2. The first-order valence-electron chi connectivity index (χ1n) is 14.0. The van der Waals surface area contributed by atoms with Gasteiger partial charge in [0.2, 0.25) is 5.91 Å². The molecule has 2 aromatic heterocycles. The van der Waals surface area contributed by atoms with Gasteiger partial charge in [-0.25, -0.2) is 9.97 Å². The Morgan fingerprint density at radius 3 is 2.67 bits per heavy atom. The van der Waals surface area contributed by atoms with Gasteiger partial charge in [-0.05, 0) is 68.7 Å². The second-order valence-electron chi connectivity index (χ2n) is 11.4. The fraction of sp³-hybridized carbons (Fsp3) is 0.419. The fourth-order valence-electron chi connectivity index (χ4n) is 6.67. The van der Waals surface area contributed by atoms with Crippen molar-refractivity contribution in [3.8, 4) is 11.3 Å². The fourth-order valence-corrected chi connectivity index (χ4v) is 6.67. The maximum absolute atomic E-state index is 13.7. The molecule has 1 aromatic carbocycles. The van der Waals surface area contributed by atoms with Gasteiger partial charge in [-0.2, -0.15) is 0 Å². The van der Waals surface area contributed by atoms with Crippen LogP contribution in [0.1, 0.15) is 51.0 Å². The van der Waals surface area contributed by atoms with Crippen molar-refractivity contribution in [3.05, 3.63) is 54.4 Å². The molecule has 6 rings (SSSR count). The number of likely N-dealkylation sites (tertiary alicyclic amines) is 1. The minimum Gasteiger partial charge on any atom is -0.383 e. The Kier molecular flexibility index (Phi) is 6.70. The lowest BCUT2D eigenvalue weighted by Gasteiger charge is -2.37. The number of nitrogens with zero attached hydrogens (tertiary/aromatic N) is 4. The maximum atomic E-state index is 13.7. The summed E-state index contributed by atoms with van der Waals surface area (Å²) in [6, 6.07) is 7.74. The molecule has 3 aromatic rings. The lowest BCUT2D eigenvalue weighted by atomic mass is 9.83. The number of fused-ring (bicyclic) bond motifs is 1. The van der Waals surface area contributed by atoms with E-state index in [4.69, 9.17) is 10.5 Å². The van der Waals surface area contributed by atoms with E-state index in [2.05, 4.69) is 37.4 Å². The number of hydrogen-bond acceptors (Lipinski definition) is 6. The van der Waals surface area contributed by atoms with Crippen LogP contribution in [0, 0.1) is 5.92 Å². The Morgan fingerprint density at radius 2 is 2.00 bits per heavy atom. The lowest BCUT2D eigenvalue weighted by Crippen LogP contribution is -2.50. The molecule has 0 saturated carbocycles. The number of benzene rings is 1. The zero-order chi connectivity index (χ0) is 28.0. The Balaban J connectivity index is 1.33. The summed E-state index contributed by atoms with van der Waals surface area (Å²) < 4.78 is 7.77. The summed E-state index contributed by atoms with van der Waals surface area (Å²) in [6.07, 6.45) is 8.99. The number of nitrogen functional groups attached to an aromatic ring is 1. The van der Waals surface area contributed by atoms with Crippen molar-refractivity contribution in [2.45, 2.75) is 51.0 Å². The smallest absolute Gasteiger partial charge is 0.250 e. The SMILES string of the molecule is C=C(C)C(=O)Nc1ccc(-c2c(C3=CCC(C(=O)N4CCCC45CCOC5)CC3)c3c(N)ncnc3n2C)cc1. The minimum absolute atomic E-state index is 0.0254. The van der Waals surface area contributed by atoms with Crippen molar-refractivity contribution in [3.63, 3.8) is 0 Å². The highest BCUT2D eigenvalue weighted by Crippen LogP contribution is 2.44. The van der Waals surface area contributed by atoms with E-state index in [-0.39, 0.29) is 23.3 Å². The van der Waals surface area contributed by atoms with Crippen LogP contribution >= 0.6 is 0 Å². The third kappa shape index (κ3) is 4.38. The molecule has 3 aliphatic rings. The molecule has 1 spiro atoms. The molecule has 9 heteroatoms. The van der Waals surface area contributed by atoms with Crippen LogP contribution in [0.5, 0.6) is 0 Å². The molecule has 9 nitrogen and oxygen atoms in total. The normalized spacial score (nSPS) is 22.6. The third-order valence-electron chi connectivity index (χ3n) is 8.83. The zero-order valence-electron chi connectivity index (χ0n) is 23.2. The number of allylic oxidation sites excluding steroid dienone is 2. The van der Waals surface area contributed by atoms with Crippen molar-refractivity contribution >= 4 is 39.9 Å². The molecule has 208 valence electrons. The third-order valence-corrected chi connectivity index (χ3v) is 8.83. The number of rotatable bonds is 5. The van der Waals surface area contributed by atoms with Gasteiger partial charge < -0.3 is 25.3 Å². The first-order chi connectivity index (χ1) is 19.3. The molecule has 40 heavy (non-hydrogen) atoms. The van der Waals surface area contributed by atoms with Gasteiger partial charge in [0.15, 0.2) is 0 Å². The summed E-state index contributed by atoms with van der Waals surface area (Å²) >= 11 is 0. The second-order valence-corrected chi connectivity index (χ2v) is 11.4. The van der Waals surface area contributed by atoms with Gasteiger partial charge in [-0.15, -0.1) is 0 Å². The number of amides is 2. The molecule has 4 heterocycles. The Morgan fingerprint density at radius 1 is 1.20 bits per heavy atom. The van der Waals surface area contributed by atoms with Gasteiger partial charge in [-0.3, -0.25) is 9.59 Å². The molecule has 2 saturated heterocycles. The van der Waals surface area contributed by atoms with Crippen LogP contribution < -0.4 is 11.1 Å². The number of nitrogens with two attached hydrogens (primary N) is 1. The summed E-state index contributed by atoms with van der Waals surface area (Å²) in [5.74, 6) is 0.471. The number of hydrogen-bond donors (Lipinski definition) is 2. The molecule has 0 bridgehead atoms. The Bertz CT molecular complexity index is 1530. The summed E-state index contributed by atoms with van der Waals surface area (Å²) in [5, 5.41) is 3.69. The van der Waals surface area contributed by atoms with Crippen LogP contribution in [0.25, 0.3) is 27.9 Å². The number of carbonyl (C=O) groups is 2. The van der Waals surface area contributed by atoms with E-state index in [1.165, 1.54) is 6.33 Å². The summed E-state index contributed by atoms with van der Waals surface area (Å²) in [7, 11) is 1.98. The zero-order valence-corrected chi connectivity index (χ0v) is 23.2. The largest absolute Gasteiger partial charge is 0.383 e. The van der Waals surface area contributed by atoms with Crippen LogP contribution in [0.3, 0.4) is 0 Å². The van der Waals surface area contributed by atoms with Crippen LogP contribution in [-0.2, 0) is 21.4 Å². The molecule has 1 aliphatic carbocycles. The minimum atomic E-state index is -0.210. The molecular formula is C31H36N6O3. The number of anilines is 2. The van der Waals surface area contributed by atoms with Crippen molar-refractivity contribution in [1.29, 1.82) is 0 Å². The molecule has 2 aliphatic heterocycles. The van der Waals surface area contributed by atoms with Crippen molar-refractivity contribution in [2.75, 3.05) is 30.8 Å². The Labute approximate surface area is 234 Å². The topological polar surface area (TPSA) is 115 Å². The number of ether oxygens (including phenoxy) is 1. The summed E-state index contributed by atoms with van der Waals surface area (Å²) in [5.41, 5.74) is 12.4. The average molecular weight is 541 g/mol. The maximum Gasteiger partial charge on any atom is 0.250 e. The highest BCUT2D eigenvalue weighted by molar-refractivity contribution is 6.05. The van der Waals surface area contributed by atoms with Gasteiger partial charge in [0.05, 0.1) is 23.2 Å². The van der Waals surface area contributed by atoms with E-state index in [1.54, 1.807) is 6.92 Å². The number of aryl methyl sites for hydroxylation is 1. The lowest BCUT2D eigenvalue weighted by molar-refractivity contribution is -0.140. The highest BCUT2D eigenvalue weighted by Gasteiger charge is 2.47. The number of aromatic nitrogens is 3. The van der Waals surface area contributed by atoms with E-state index >= 15 is 0 Å². The molecule has 3 N–H and O–H groups in total. The van der Waals surface area contributed by atoms with Gasteiger partial charge in [-0.1, -0.05) is 24.8 Å². The molecule has 2 amide bonds. The van der Waals surface area contributed by atoms with Crippen LogP contribution in [0.4, 0.5) is 11.5 Å². The summed E-state index contributed by atoms with van der Waals surface area (Å²) in [6.45, 7) is 7.63. The predicted molar refractivity (Wildman–Crippen MR) is 156 cm³/mol. The quantitative estimate of drug-likeness (QED) is 0.454. The molecule has 0 radical (unpaired) electrons. The van der Waals surface area contributed by atoms with Crippen LogP contribution in [0.2, 0.25) is 0 Å². The molecular weight excluding hydrogens is 504 g/mol. The highest BCUT2D eigenvalue weighted by atomic mass is 16.5. The Hall–Kier alpha value is -3.98. The monoisotopic (exact) mass is 540 g/mol. The van der Waals surface area contributed by atoms with Crippen molar-refractivity contribution < 1.29 is 14.3 Å². The van der Waals surface area contributed by atoms with Gasteiger partial charge >= 0.3 is 0 Å². The van der Waals surface area contributed by atoms with Crippen molar-refractivity contribution in [1.82, 2.24) is 19.4 Å². The standard InChI is InChI=1S/C31H36N6O3/c1-19(2)29(38)35-23-11-9-21(10-12-23)26-24(25-27(32)33-18-34-28(25)36(26)3)20-5-7-22(8-6-20)30(39)37-15-4-13-31(37)14-16-40-17-31/h5,9-12,18,22H,1,4,6-8,13-17H2,2-3H3,(H,35,38)(H2,32,33,34). The molecule has 2 unspecified atom stereocenters. The predicted octanol–water partition coefficient (Wildman–Crippen LogP) is 4.70. The summed E-state index contributed by atoms with van der Waals surface area (Å²) in [4.78, 5) is 36.8. The number of nitrogens with one attached hydrogen (secondary N) is 1. The van der Waals surface area contributed by atoms with Gasteiger partial charge in [0.1, 0.15) is 17.8 Å². The van der Waals surface area contributed by atoms with E-state index < -0.39 is 0 Å². The van der Waals surface area contributed by atoms with Crippen LogP contribution in [0.15, 0.2) is 48.8 Å². The molecule has 2 atom stereocenters. The van der Waals surface area contributed by atoms with E-state index in [0.717, 1.165) is 78.7 Å².